The number of hydrogen-bond acceptors (Lipinski definition) is 9. The van der Waals surface area contributed by atoms with Crippen LogP contribution < -0.4 is 4.90 Å². The zero-order valence-corrected chi connectivity index (χ0v) is 24.8. The van der Waals surface area contributed by atoms with Crippen LogP contribution in [0, 0.1) is 0 Å². The number of anilines is 1. The molecule has 1 saturated heterocycles. The number of amides is 1. The number of aryl methyl sites for hydroxylation is 1. The Morgan fingerprint density at radius 3 is 2.37 bits per heavy atom. The minimum absolute atomic E-state index is 0.0988. The van der Waals surface area contributed by atoms with Gasteiger partial charge in [0.15, 0.2) is 0 Å². The normalized spacial score (nSPS) is 19.1. The molecule has 0 saturated carbocycles. The van der Waals surface area contributed by atoms with Gasteiger partial charge in [0.25, 0.3) is 0 Å². The minimum Gasteiger partial charge on any atom is -0.459 e. The summed E-state index contributed by atoms with van der Waals surface area (Å²) in [4.78, 5) is 28.4. The quantitative estimate of drug-likeness (QED) is 0.138. The van der Waals surface area contributed by atoms with E-state index in [1.54, 1.807) is 13.0 Å². The molecule has 0 radical (unpaired) electrons. The van der Waals surface area contributed by atoms with Gasteiger partial charge in [-0.3, -0.25) is 4.79 Å². The van der Waals surface area contributed by atoms with E-state index < -0.39 is 43.1 Å². The summed E-state index contributed by atoms with van der Waals surface area (Å²) in [5.41, 5.74) is 1.73. The lowest BCUT2D eigenvalue weighted by Crippen LogP contribution is -2.46. The van der Waals surface area contributed by atoms with Gasteiger partial charge in [-0.2, -0.15) is 0 Å². The van der Waals surface area contributed by atoms with Crippen LogP contribution in [0.3, 0.4) is 0 Å². The number of thiophene rings is 1. The zero-order valence-electron chi connectivity index (χ0n) is 24.0. The first-order valence-electron chi connectivity index (χ1n) is 14.7. The van der Waals surface area contributed by atoms with Gasteiger partial charge in [-0.1, -0.05) is 45.2 Å². The predicted octanol–water partition coefficient (Wildman–Crippen LogP) is 3.89. The summed E-state index contributed by atoms with van der Waals surface area (Å²) in [6, 6.07) is 11.3. The highest BCUT2D eigenvalue weighted by Crippen LogP contribution is 2.31. The van der Waals surface area contributed by atoms with Gasteiger partial charge in [-0.05, 0) is 68.4 Å². The summed E-state index contributed by atoms with van der Waals surface area (Å²) in [5, 5.41) is 49.9. The van der Waals surface area contributed by atoms with Crippen LogP contribution in [0.25, 0.3) is 0 Å². The number of unbranched alkanes of at least 4 members (excludes halogenated alkanes) is 2. The van der Waals surface area contributed by atoms with Crippen molar-refractivity contribution in [3.63, 3.8) is 0 Å². The summed E-state index contributed by atoms with van der Waals surface area (Å²) in [5.74, 6) is -0.527. The standard InChI is InChI=1S/C31H45NO8S/c1-3-5-6-10-25(34)20-11-13-22(14-12-20)32-21(15-18-28(32)36)8-7-9-23-16-17-27(41-23)31(39)40-19-26(35)30(38)29(37)24(33)4-2/h11-14,16-17,21,24-26,29-30,33-35,37-38H,3-10,15,18-19H2,1-2H3/t21-,24-,25-,26+,29-,30+/m0/s1. The lowest BCUT2D eigenvalue weighted by molar-refractivity contribution is -0.117. The van der Waals surface area contributed by atoms with Crippen molar-refractivity contribution >= 4 is 28.9 Å². The molecule has 41 heavy (non-hydrogen) atoms. The number of carbonyl (C=O) groups is 2. The van der Waals surface area contributed by atoms with E-state index in [-0.39, 0.29) is 18.4 Å². The second kappa shape index (κ2) is 16.3. The van der Waals surface area contributed by atoms with Crippen molar-refractivity contribution < 1.29 is 39.9 Å². The fraction of sp³-hybridized carbons (Fsp3) is 0.613. The highest BCUT2D eigenvalue weighted by atomic mass is 32.1. The molecule has 5 N–H and O–H groups in total. The maximum atomic E-state index is 12.7. The third kappa shape index (κ3) is 9.33. The smallest absolute Gasteiger partial charge is 0.348 e. The van der Waals surface area contributed by atoms with Crippen molar-refractivity contribution in [3.8, 4) is 0 Å². The predicted molar refractivity (Wildman–Crippen MR) is 158 cm³/mol. The zero-order chi connectivity index (χ0) is 29.9. The Hall–Kier alpha value is -2.34. The lowest BCUT2D eigenvalue weighted by Gasteiger charge is -2.25. The molecular formula is C31H45NO8S. The SMILES string of the molecule is CCCCC[C@H](O)c1ccc(N2C(=O)CC[C@@H]2CCCc2ccc(C(=O)OC[C@@H](O)[C@@H](O)[C@@H](O)[C@@H](O)CC)s2)cc1. The number of benzene rings is 1. The van der Waals surface area contributed by atoms with Crippen LogP contribution in [0.5, 0.6) is 0 Å². The molecule has 0 aliphatic carbocycles. The summed E-state index contributed by atoms with van der Waals surface area (Å²) in [7, 11) is 0. The van der Waals surface area contributed by atoms with E-state index in [9.17, 15) is 35.1 Å². The molecule has 10 heteroatoms. The Bertz CT molecular complexity index is 1090. The summed E-state index contributed by atoms with van der Waals surface area (Å²) >= 11 is 1.29. The van der Waals surface area contributed by atoms with Crippen molar-refractivity contribution in [2.45, 2.75) is 115 Å². The fourth-order valence-electron chi connectivity index (χ4n) is 5.14. The maximum absolute atomic E-state index is 12.7. The molecule has 3 rings (SSSR count). The largest absolute Gasteiger partial charge is 0.459 e. The summed E-state index contributed by atoms with van der Waals surface area (Å²) in [6.45, 7) is 3.26. The molecule has 0 spiro atoms. The van der Waals surface area contributed by atoms with E-state index in [1.807, 2.05) is 35.2 Å². The van der Waals surface area contributed by atoms with E-state index in [1.165, 1.54) is 11.3 Å². The molecule has 2 aromatic rings. The molecule has 1 amide bonds. The number of nitrogens with zero attached hydrogens (tertiary/aromatic N) is 1. The van der Waals surface area contributed by atoms with Crippen LogP contribution in [0.2, 0.25) is 0 Å². The van der Waals surface area contributed by atoms with Crippen LogP contribution >= 0.6 is 11.3 Å². The van der Waals surface area contributed by atoms with E-state index >= 15 is 0 Å². The Balaban J connectivity index is 1.47. The summed E-state index contributed by atoms with van der Waals surface area (Å²) in [6.07, 6.45) is 1.44. The third-order valence-corrected chi connectivity index (χ3v) is 8.85. The minimum atomic E-state index is -1.64. The van der Waals surface area contributed by atoms with Gasteiger partial charge in [0.2, 0.25) is 5.91 Å². The average Bonchev–Trinajstić information content (AvgIpc) is 3.61. The monoisotopic (exact) mass is 591 g/mol. The lowest BCUT2D eigenvalue weighted by atomic mass is 10.0. The fourth-order valence-corrected chi connectivity index (χ4v) is 6.09. The Kier molecular flexibility index (Phi) is 13.2. The van der Waals surface area contributed by atoms with Gasteiger partial charge < -0.3 is 35.2 Å². The van der Waals surface area contributed by atoms with Gasteiger partial charge in [-0.25, -0.2) is 4.79 Å². The van der Waals surface area contributed by atoms with Crippen LogP contribution in [0.4, 0.5) is 5.69 Å². The number of esters is 1. The third-order valence-electron chi connectivity index (χ3n) is 7.73. The van der Waals surface area contributed by atoms with E-state index in [2.05, 4.69) is 6.92 Å². The van der Waals surface area contributed by atoms with Crippen molar-refractivity contribution in [2.75, 3.05) is 11.5 Å². The van der Waals surface area contributed by atoms with E-state index in [4.69, 9.17) is 4.74 Å². The van der Waals surface area contributed by atoms with Gasteiger partial charge >= 0.3 is 5.97 Å². The molecule has 6 atom stereocenters. The van der Waals surface area contributed by atoms with E-state index in [0.29, 0.717) is 11.3 Å². The van der Waals surface area contributed by atoms with Gasteiger partial charge in [0.1, 0.15) is 29.8 Å². The molecule has 1 aliphatic rings. The van der Waals surface area contributed by atoms with Gasteiger partial charge in [0.05, 0.1) is 12.2 Å². The highest BCUT2D eigenvalue weighted by molar-refractivity contribution is 7.13. The molecule has 2 heterocycles. The Morgan fingerprint density at radius 1 is 0.976 bits per heavy atom. The summed E-state index contributed by atoms with van der Waals surface area (Å²) < 4.78 is 5.10. The molecule has 0 unspecified atom stereocenters. The molecule has 9 nitrogen and oxygen atoms in total. The second-order valence-electron chi connectivity index (χ2n) is 10.8. The molecule has 228 valence electrons. The van der Waals surface area contributed by atoms with Gasteiger partial charge in [-0.15, -0.1) is 11.3 Å². The van der Waals surface area contributed by atoms with E-state index in [0.717, 1.165) is 67.5 Å². The molecular weight excluding hydrogens is 546 g/mol. The number of rotatable bonds is 17. The number of hydrogen-bond donors (Lipinski definition) is 5. The highest BCUT2D eigenvalue weighted by Gasteiger charge is 2.32. The first kappa shape index (κ1) is 33.2. The molecule has 1 fully saturated rings. The topological polar surface area (TPSA) is 148 Å². The number of ether oxygens (including phenoxy) is 1. The van der Waals surface area contributed by atoms with Gasteiger partial charge in [0, 0.05) is 23.0 Å². The number of aliphatic hydroxyl groups is 5. The molecule has 1 aromatic heterocycles. The molecule has 1 aromatic carbocycles. The number of carbonyl (C=O) groups excluding carboxylic acids is 2. The van der Waals surface area contributed by atoms with Crippen molar-refractivity contribution in [1.82, 2.24) is 0 Å². The second-order valence-corrected chi connectivity index (χ2v) is 12.0. The Morgan fingerprint density at radius 2 is 1.68 bits per heavy atom. The first-order valence-corrected chi connectivity index (χ1v) is 15.6. The van der Waals surface area contributed by atoms with Crippen molar-refractivity contribution in [1.29, 1.82) is 0 Å². The van der Waals surface area contributed by atoms with Crippen LogP contribution in [-0.4, -0.2) is 74.5 Å². The molecule has 1 aliphatic heterocycles. The maximum Gasteiger partial charge on any atom is 0.348 e. The first-order chi connectivity index (χ1) is 19.7. The van der Waals surface area contributed by atoms with Crippen molar-refractivity contribution in [3.05, 3.63) is 51.7 Å². The molecule has 0 bridgehead atoms. The van der Waals surface area contributed by atoms with Crippen LogP contribution in [-0.2, 0) is 16.0 Å². The van der Waals surface area contributed by atoms with Crippen LogP contribution in [0.15, 0.2) is 36.4 Å². The van der Waals surface area contributed by atoms with Crippen molar-refractivity contribution in [2.24, 2.45) is 0 Å². The average molecular weight is 592 g/mol. The Labute approximate surface area is 246 Å². The number of aliphatic hydroxyl groups excluding tert-OH is 5. The van der Waals surface area contributed by atoms with Crippen LogP contribution in [0.1, 0.15) is 97.9 Å².